The quantitative estimate of drug-likeness (QED) is 0.504. The van der Waals surface area contributed by atoms with Crippen LogP contribution in [0.25, 0.3) is 0 Å². The van der Waals surface area contributed by atoms with Gasteiger partial charge in [-0.3, -0.25) is 0 Å². The van der Waals surface area contributed by atoms with Crippen molar-refractivity contribution >= 4 is 0 Å². The molecule has 1 rings (SSSR count). The molecule has 0 nitrogen and oxygen atoms in total. The molecule has 0 bridgehead atoms. The third kappa shape index (κ3) is 13.1. The molecule has 0 aromatic heterocycles. The topological polar surface area (TPSA) is 0 Å². The van der Waals surface area contributed by atoms with E-state index < -0.39 is 0 Å². The summed E-state index contributed by atoms with van der Waals surface area (Å²) in [7, 11) is 0. The van der Waals surface area contributed by atoms with Crippen molar-refractivity contribution < 1.29 is 0 Å². The first kappa shape index (κ1) is 27.1. The maximum absolute atomic E-state index is 3.83. The first-order chi connectivity index (χ1) is 8.76. The molecule has 118 valence electrons. The molecule has 0 N–H and O–H groups in total. The zero-order chi connectivity index (χ0) is 14.4. The van der Waals surface area contributed by atoms with Crippen molar-refractivity contribution in [3.05, 3.63) is 59.7 Å². The van der Waals surface area contributed by atoms with Crippen LogP contribution in [0.2, 0.25) is 0 Å². The lowest BCUT2D eigenvalue weighted by Gasteiger charge is -2.02. The normalized spacial score (nSPS) is 8.60. The highest BCUT2D eigenvalue weighted by Crippen LogP contribution is 2.10. The second kappa shape index (κ2) is 20.0. The zero-order valence-corrected chi connectivity index (χ0v) is 13.1. The first-order valence-corrected chi connectivity index (χ1v) is 7.13. The molecule has 0 heteroatoms. The molecule has 0 radical (unpaired) electrons. The lowest BCUT2D eigenvalue weighted by atomic mass is 10.0. The number of rotatable bonds is 4. The summed E-state index contributed by atoms with van der Waals surface area (Å²) < 4.78 is 0. The molecule has 0 heterocycles. The standard InChI is InChI=1S/C14H18.2C2H6.2CH4/c1-4-6-13(5-2)11-14-9-7-12(3)8-10-14;2*1-2;;/h5-10H,2,4,11H2,1,3H3;2*1-2H3;2*1H4/b13-6+;;;;. The molecule has 0 spiro atoms. The second-order valence-electron chi connectivity index (χ2n) is 3.55. The van der Waals surface area contributed by atoms with Crippen molar-refractivity contribution in [2.75, 3.05) is 0 Å². The molecule has 1 aromatic rings. The third-order valence-electron chi connectivity index (χ3n) is 2.26. The number of benzene rings is 1. The van der Waals surface area contributed by atoms with Gasteiger partial charge in [-0.15, -0.1) is 0 Å². The van der Waals surface area contributed by atoms with Crippen LogP contribution in [0, 0.1) is 6.92 Å². The van der Waals surface area contributed by atoms with Gasteiger partial charge in [-0.25, -0.2) is 0 Å². The first-order valence-electron chi connectivity index (χ1n) is 7.13. The van der Waals surface area contributed by atoms with Crippen molar-refractivity contribution in [3.8, 4) is 0 Å². The van der Waals surface area contributed by atoms with Crippen LogP contribution in [0.3, 0.4) is 0 Å². The Morgan fingerprint density at radius 3 is 1.80 bits per heavy atom. The molecule has 0 amide bonds. The zero-order valence-electron chi connectivity index (χ0n) is 13.1. The summed E-state index contributed by atoms with van der Waals surface area (Å²) in [6.45, 7) is 16.1. The van der Waals surface area contributed by atoms with Crippen molar-refractivity contribution in [1.29, 1.82) is 0 Å². The van der Waals surface area contributed by atoms with Crippen LogP contribution in [0.4, 0.5) is 0 Å². The monoisotopic (exact) mass is 278 g/mol. The number of allylic oxidation sites excluding steroid dienone is 3. The van der Waals surface area contributed by atoms with E-state index in [2.05, 4.69) is 50.8 Å². The van der Waals surface area contributed by atoms with Gasteiger partial charge in [0.2, 0.25) is 0 Å². The van der Waals surface area contributed by atoms with Gasteiger partial charge in [0.1, 0.15) is 0 Å². The minimum Gasteiger partial charge on any atom is -0.0988 e. The minimum absolute atomic E-state index is 0. The van der Waals surface area contributed by atoms with Crippen LogP contribution in [0.15, 0.2) is 48.6 Å². The van der Waals surface area contributed by atoms with Crippen LogP contribution in [0.1, 0.15) is 67.0 Å². The van der Waals surface area contributed by atoms with E-state index >= 15 is 0 Å². The smallest absolute Gasteiger partial charge is 0.00291 e. The van der Waals surface area contributed by atoms with E-state index in [0.29, 0.717) is 0 Å². The second-order valence-corrected chi connectivity index (χ2v) is 3.55. The maximum atomic E-state index is 3.83. The Kier molecular flexibility index (Phi) is 27.1. The van der Waals surface area contributed by atoms with E-state index in [1.165, 1.54) is 16.7 Å². The molecule has 0 unspecified atom stereocenters. The van der Waals surface area contributed by atoms with Gasteiger partial charge < -0.3 is 0 Å². The van der Waals surface area contributed by atoms with Crippen LogP contribution in [0.5, 0.6) is 0 Å². The van der Waals surface area contributed by atoms with Crippen molar-refractivity contribution in [1.82, 2.24) is 0 Å². The highest BCUT2D eigenvalue weighted by molar-refractivity contribution is 5.29. The van der Waals surface area contributed by atoms with Crippen LogP contribution in [-0.2, 0) is 6.42 Å². The summed E-state index contributed by atoms with van der Waals surface area (Å²) >= 11 is 0. The Hall–Kier alpha value is -1.30. The molecule has 0 saturated carbocycles. The van der Waals surface area contributed by atoms with Crippen LogP contribution >= 0.6 is 0 Å². The highest BCUT2D eigenvalue weighted by Gasteiger charge is 1.94. The van der Waals surface area contributed by atoms with Crippen LogP contribution in [-0.4, -0.2) is 0 Å². The van der Waals surface area contributed by atoms with Crippen molar-refractivity contribution in [3.63, 3.8) is 0 Å². The third-order valence-corrected chi connectivity index (χ3v) is 2.26. The fraction of sp³-hybridized carbons (Fsp3) is 0.500. The molecule has 0 aliphatic carbocycles. The SMILES string of the molecule is C.C.C=C/C(=C\CC)Cc1ccc(C)cc1.CC.CC. The molecule has 0 aliphatic rings. The fourth-order valence-corrected chi connectivity index (χ4v) is 1.43. The molecular weight excluding hydrogens is 240 g/mol. The Labute approximate surface area is 129 Å². The Balaban J connectivity index is -0.000000196. The van der Waals surface area contributed by atoms with Crippen molar-refractivity contribution in [2.45, 2.75) is 69.2 Å². The van der Waals surface area contributed by atoms with Gasteiger partial charge in [-0.2, -0.15) is 0 Å². The van der Waals surface area contributed by atoms with Gasteiger partial charge in [0, 0.05) is 0 Å². The molecule has 0 atom stereocenters. The van der Waals surface area contributed by atoms with Gasteiger partial charge >= 0.3 is 0 Å². The largest absolute Gasteiger partial charge is 0.0988 e. The van der Waals surface area contributed by atoms with E-state index in [9.17, 15) is 0 Å². The van der Waals surface area contributed by atoms with E-state index in [-0.39, 0.29) is 14.9 Å². The highest BCUT2D eigenvalue weighted by atomic mass is 14.0. The summed E-state index contributed by atoms with van der Waals surface area (Å²) in [4.78, 5) is 0. The van der Waals surface area contributed by atoms with Gasteiger partial charge in [0.15, 0.2) is 0 Å². The summed E-state index contributed by atoms with van der Waals surface area (Å²) in [6, 6.07) is 8.68. The lowest BCUT2D eigenvalue weighted by molar-refractivity contribution is 1.13. The van der Waals surface area contributed by atoms with Crippen LogP contribution < -0.4 is 0 Å². The molecule has 0 saturated heterocycles. The molecule has 0 aliphatic heterocycles. The summed E-state index contributed by atoms with van der Waals surface area (Å²) in [5.41, 5.74) is 3.99. The van der Waals surface area contributed by atoms with E-state index in [1.54, 1.807) is 0 Å². The summed E-state index contributed by atoms with van der Waals surface area (Å²) in [6.07, 6.45) is 6.25. The number of hydrogen-bond donors (Lipinski definition) is 0. The van der Waals surface area contributed by atoms with E-state index in [1.807, 2.05) is 33.8 Å². The van der Waals surface area contributed by atoms with Gasteiger partial charge in [-0.05, 0) is 30.9 Å². The van der Waals surface area contributed by atoms with Crippen molar-refractivity contribution in [2.24, 2.45) is 0 Å². The average molecular weight is 279 g/mol. The molecule has 20 heavy (non-hydrogen) atoms. The number of aryl methyl sites for hydroxylation is 1. The maximum Gasteiger partial charge on any atom is -0.00291 e. The van der Waals surface area contributed by atoms with Gasteiger partial charge in [0.05, 0.1) is 0 Å². The average Bonchev–Trinajstić information content (AvgIpc) is 2.45. The number of hydrogen-bond acceptors (Lipinski definition) is 0. The molecule has 0 fully saturated rings. The minimum atomic E-state index is 0. The van der Waals surface area contributed by atoms with Gasteiger partial charge in [-0.1, -0.05) is 98.0 Å². The Bertz CT molecular complexity index is 314. The predicted molar refractivity (Wildman–Crippen MR) is 99.6 cm³/mol. The Morgan fingerprint density at radius 2 is 1.45 bits per heavy atom. The molecular formula is C20H38. The Morgan fingerprint density at radius 1 is 1.00 bits per heavy atom. The lowest BCUT2D eigenvalue weighted by Crippen LogP contribution is -1.87. The van der Waals surface area contributed by atoms with E-state index in [4.69, 9.17) is 0 Å². The predicted octanol–water partition coefficient (Wildman–Crippen LogP) is 7.38. The fourth-order valence-electron chi connectivity index (χ4n) is 1.43. The summed E-state index contributed by atoms with van der Waals surface area (Å²) in [5, 5.41) is 0. The molecule has 1 aromatic carbocycles. The van der Waals surface area contributed by atoms with Gasteiger partial charge in [0.25, 0.3) is 0 Å². The summed E-state index contributed by atoms with van der Waals surface area (Å²) in [5.74, 6) is 0. The van der Waals surface area contributed by atoms with E-state index in [0.717, 1.165) is 12.8 Å².